The zero-order valence-electron chi connectivity index (χ0n) is 9.62. The van der Waals surface area contributed by atoms with Crippen molar-refractivity contribution in [3.05, 3.63) is 18.3 Å². The van der Waals surface area contributed by atoms with Gasteiger partial charge in [-0.05, 0) is 12.1 Å². The summed E-state index contributed by atoms with van der Waals surface area (Å²) in [6.45, 7) is 0.173. The van der Waals surface area contributed by atoms with Gasteiger partial charge in [0.25, 0.3) is 0 Å². The third-order valence-electron chi connectivity index (χ3n) is 2.37. The van der Waals surface area contributed by atoms with E-state index in [0.29, 0.717) is 5.65 Å². The molecule has 0 atom stereocenters. The summed E-state index contributed by atoms with van der Waals surface area (Å²) in [7, 11) is 3.15. The second-order valence-electron chi connectivity index (χ2n) is 3.59. The highest BCUT2D eigenvalue weighted by atomic mass is 16.5. The van der Waals surface area contributed by atoms with Crippen molar-refractivity contribution in [2.75, 3.05) is 31.3 Å². The summed E-state index contributed by atoms with van der Waals surface area (Å²) in [6, 6.07) is 3.62. The molecule has 17 heavy (non-hydrogen) atoms. The number of esters is 1. The van der Waals surface area contributed by atoms with Gasteiger partial charge in [0, 0.05) is 7.05 Å². The first-order chi connectivity index (χ1) is 8.10. The highest BCUT2D eigenvalue weighted by Gasteiger charge is 2.09. The number of carbonyl (C=O) groups is 1. The number of anilines is 2. The van der Waals surface area contributed by atoms with Crippen LogP contribution in [0, 0.1) is 0 Å². The first-order valence-corrected chi connectivity index (χ1v) is 5.00. The van der Waals surface area contributed by atoms with E-state index in [4.69, 9.17) is 5.73 Å². The Bertz CT molecular complexity index is 551. The molecule has 0 bridgehead atoms. The largest absolute Gasteiger partial charge is 0.468 e. The zero-order chi connectivity index (χ0) is 12.4. The molecule has 0 radical (unpaired) electrons. The molecule has 0 spiro atoms. The number of hydrogen-bond acceptors (Lipinski definition) is 6. The monoisotopic (exact) mass is 235 g/mol. The predicted molar refractivity (Wildman–Crippen MR) is 62.7 cm³/mol. The minimum atomic E-state index is -0.300. The number of pyridine rings is 1. The summed E-state index contributed by atoms with van der Waals surface area (Å²) in [6.07, 6.45) is 1.75. The summed E-state index contributed by atoms with van der Waals surface area (Å²) in [5.74, 6) is -0.0801. The molecule has 0 aromatic carbocycles. The van der Waals surface area contributed by atoms with Gasteiger partial charge in [-0.3, -0.25) is 4.79 Å². The minimum Gasteiger partial charge on any atom is -0.468 e. The van der Waals surface area contributed by atoms with Crippen molar-refractivity contribution in [3.63, 3.8) is 0 Å². The standard InChI is InChI=1S/C10H13N5O2/c1-14(6-9(16)17-2)7-3-4-8-12-10(11)13-15(8)5-7/h3-5H,6H2,1-2H3,(H2,11,13). The van der Waals surface area contributed by atoms with E-state index in [-0.39, 0.29) is 18.5 Å². The van der Waals surface area contributed by atoms with Gasteiger partial charge in [0.2, 0.25) is 5.95 Å². The fourth-order valence-corrected chi connectivity index (χ4v) is 1.46. The molecule has 2 N–H and O–H groups in total. The Hall–Kier alpha value is -2.31. The molecule has 0 saturated carbocycles. The molecule has 7 heteroatoms. The van der Waals surface area contributed by atoms with Crippen LogP contribution in [0.15, 0.2) is 18.3 Å². The molecule has 2 aromatic rings. The molecule has 2 rings (SSSR count). The van der Waals surface area contributed by atoms with Crippen LogP contribution in [0.25, 0.3) is 5.65 Å². The van der Waals surface area contributed by atoms with E-state index in [1.165, 1.54) is 7.11 Å². The van der Waals surface area contributed by atoms with Gasteiger partial charge in [-0.15, -0.1) is 5.10 Å². The first kappa shape index (κ1) is 11.2. The molecule has 0 fully saturated rings. The average molecular weight is 235 g/mol. The lowest BCUT2D eigenvalue weighted by Crippen LogP contribution is -2.26. The summed E-state index contributed by atoms with van der Waals surface area (Å²) in [4.78, 5) is 16.9. The molecule has 7 nitrogen and oxygen atoms in total. The number of nitrogen functional groups attached to an aromatic ring is 1. The number of fused-ring (bicyclic) bond motifs is 1. The van der Waals surface area contributed by atoms with Crippen LogP contribution in [0.4, 0.5) is 11.6 Å². The van der Waals surface area contributed by atoms with E-state index < -0.39 is 0 Å². The van der Waals surface area contributed by atoms with Crippen LogP contribution < -0.4 is 10.6 Å². The Labute approximate surface area is 97.8 Å². The Morgan fingerprint density at radius 1 is 1.59 bits per heavy atom. The number of rotatable bonds is 3. The fraction of sp³-hybridized carbons (Fsp3) is 0.300. The quantitative estimate of drug-likeness (QED) is 0.749. The second kappa shape index (κ2) is 4.28. The van der Waals surface area contributed by atoms with E-state index in [1.807, 2.05) is 6.07 Å². The number of likely N-dealkylation sites (N-methyl/N-ethyl adjacent to an activating group) is 1. The number of nitrogens with zero attached hydrogens (tertiary/aromatic N) is 4. The smallest absolute Gasteiger partial charge is 0.325 e. The fourth-order valence-electron chi connectivity index (χ4n) is 1.46. The third kappa shape index (κ3) is 2.27. The number of ether oxygens (including phenoxy) is 1. The van der Waals surface area contributed by atoms with E-state index in [1.54, 1.807) is 28.7 Å². The zero-order valence-corrected chi connectivity index (χ0v) is 9.62. The number of hydrogen-bond donors (Lipinski definition) is 1. The van der Waals surface area contributed by atoms with Gasteiger partial charge in [0.1, 0.15) is 6.54 Å². The van der Waals surface area contributed by atoms with E-state index in [0.717, 1.165) is 5.69 Å². The molecule has 2 aromatic heterocycles. The summed E-state index contributed by atoms with van der Waals surface area (Å²) >= 11 is 0. The first-order valence-electron chi connectivity index (χ1n) is 5.00. The number of aromatic nitrogens is 3. The number of nitrogens with two attached hydrogens (primary N) is 1. The van der Waals surface area contributed by atoms with E-state index in [9.17, 15) is 4.79 Å². The van der Waals surface area contributed by atoms with Crippen molar-refractivity contribution in [3.8, 4) is 0 Å². The van der Waals surface area contributed by atoms with Crippen molar-refractivity contribution in [1.29, 1.82) is 0 Å². The van der Waals surface area contributed by atoms with Crippen LogP contribution in [0.2, 0.25) is 0 Å². The topological polar surface area (TPSA) is 85.8 Å². The van der Waals surface area contributed by atoms with Crippen LogP contribution in [0.1, 0.15) is 0 Å². The van der Waals surface area contributed by atoms with Crippen LogP contribution in [-0.2, 0) is 9.53 Å². The molecular weight excluding hydrogens is 222 g/mol. The predicted octanol–water partition coefficient (Wildman–Crippen LogP) is -0.0793. The third-order valence-corrected chi connectivity index (χ3v) is 2.37. The van der Waals surface area contributed by atoms with Gasteiger partial charge < -0.3 is 15.4 Å². The van der Waals surface area contributed by atoms with E-state index in [2.05, 4.69) is 14.8 Å². The Morgan fingerprint density at radius 2 is 2.35 bits per heavy atom. The van der Waals surface area contributed by atoms with Crippen LogP contribution in [0.3, 0.4) is 0 Å². The lowest BCUT2D eigenvalue weighted by molar-refractivity contribution is -0.138. The van der Waals surface area contributed by atoms with Gasteiger partial charge in [-0.1, -0.05) is 0 Å². The van der Waals surface area contributed by atoms with Crippen molar-refractivity contribution < 1.29 is 9.53 Å². The van der Waals surface area contributed by atoms with Gasteiger partial charge in [0.05, 0.1) is 19.0 Å². The summed E-state index contributed by atoms with van der Waals surface area (Å²) < 4.78 is 6.17. The maximum Gasteiger partial charge on any atom is 0.325 e. The maximum absolute atomic E-state index is 11.1. The highest BCUT2D eigenvalue weighted by molar-refractivity contribution is 5.75. The van der Waals surface area contributed by atoms with Crippen LogP contribution in [-0.4, -0.2) is 41.3 Å². The Morgan fingerprint density at radius 3 is 3.06 bits per heavy atom. The molecule has 0 amide bonds. The summed E-state index contributed by atoms with van der Waals surface area (Å²) in [5, 5.41) is 4.00. The molecule has 0 aliphatic heterocycles. The number of carbonyl (C=O) groups excluding carboxylic acids is 1. The van der Waals surface area contributed by atoms with Crippen molar-refractivity contribution in [2.45, 2.75) is 0 Å². The Kier molecular flexibility index (Phi) is 2.82. The molecule has 2 heterocycles. The SMILES string of the molecule is COC(=O)CN(C)c1ccc2nc(N)nn2c1. The van der Waals surface area contributed by atoms with Gasteiger partial charge in [-0.2, -0.15) is 4.98 Å². The minimum absolute atomic E-state index is 0.173. The van der Waals surface area contributed by atoms with Crippen LogP contribution >= 0.6 is 0 Å². The van der Waals surface area contributed by atoms with Gasteiger partial charge in [-0.25, -0.2) is 4.52 Å². The van der Waals surface area contributed by atoms with Gasteiger partial charge >= 0.3 is 5.97 Å². The average Bonchev–Trinajstić information content (AvgIpc) is 2.67. The van der Waals surface area contributed by atoms with E-state index >= 15 is 0 Å². The molecule has 0 aliphatic carbocycles. The lowest BCUT2D eigenvalue weighted by atomic mass is 10.3. The molecule has 90 valence electrons. The Balaban J connectivity index is 2.26. The summed E-state index contributed by atoms with van der Waals surface area (Å²) in [5.41, 5.74) is 6.98. The second-order valence-corrected chi connectivity index (χ2v) is 3.59. The normalized spacial score (nSPS) is 10.5. The molecule has 0 unspecified atom stereocenters. The highest BCUT2D eigenvalue weighted by Crippen LogP contribution is 2.13. The number of methoxy groups -OCH3 is 1. The van der Waals surface area contributed by atoms with Crippen LogP contribution in [0.5, 0.6) is 0 Å². The lowest BCUT2D eigenvalue weighted by Gasteiger charge is -2.17. The van der Waals surface area contributed by atoms with Crippen molar-refractivity contribution >= 4 is 23.3 Å². The molecular formula is C10H13N5O2. The van der Waals surface area contributed by atoms with Gasteiger partial charge in [0.15, 0.2) is 5.65 Å². The van der Waals surface area contributed by atoms with Crippen molar-refractivity contribution in [1.82, 2.24) is 14.6 Å². The molecule has 0 aliphatic rings. The van der Waals surface area contributed by atoms with Crippen molar-refractivity contribution in [2.24, 2.45) is 0 Å². The molecule has 0 saturated heterocycles. The maximum atomic E-state index is 11.1.